The van der Waals surface area contributed by atoms with Crippen molar-refractivity contribution in [3.63, 3.8) is 0 Å². The first-order valence-corrected chi connectivity index (χ1v) is 11.9. The number of halogens is 1. The number of amides is 2. The summed E-state index contributed by atoms with van der Waals surface area (Å²) in [4.78, 5) is 33.9. The lowest BCUT2D eigenvalue weighted by molar-refractivity contribution is -0.140. The molecule has 7 nitrogen and oxygen atoms in total. The zero-order valence-electron chi connectivity index (χ0n) is 19.7. The van der Waals surface area contributed by atoms with Gasteiger partial charge in [-0.3, -0.25) is 24.4 Å². The first kappa shape index (κ1) is 25.7. The van der Waals surface area contributed by atoms with Gasteiger partial charge in [-0.1, -0.05) is 56.3 Å². The van der Waals surface area contributed by atoms with E-state index in [1.807, 2.05) is 6.07 Å². The summed E-state index contributed by atoms with van der Waals surface area (Å²) < 4.78 is 0. The van der Waals surface area contributed by atoms with Gasteiger partial charge in [0, 0.05) is 26.7 Å². The van der Waals surface area contributed by atoms with Crippen LogP contribution in [-0.2, 0) is 9.59 Å². The fourth-order valence-electron chi connectivity index (χ4n) is 5.68. The van der Waals surface area contributed by atoms with Crippen LogP contribution in [-0.4, -0.2) is 67.3 Å². The maximum Gasteiger partial charge on any atom is 0.233 e. The van der Waals surface area contributed by atoms with Crippen LogP contribution in [0.25, 0.3) is 0 Å². The smallest absolute Gasteiger partial charge is 0.233 e. The van der Waals surface area contributed by atoms with Crippen LogP contribution in [0.1, 0.15) is 31.9 Å². The molecule has 180 valence electrons. The Morgan fingerprint density at radius 2 is 1.67 bits per heavy atom. The van der Waals surface area contributed by atoms with Crippen LogP contribution in [0.2, 0.25) is 0 Å². The Bertz CT molecular complexity index is 856. The third kappa shape index (κ3) is 5.11. The summed E-state index contributed by atoms with van der Waals surface area (Å²) in [6.07, 6.45) is 5.22. The summed E-state index contributed by atoms with van der Waals surface area (Å²) in [5, 5.41) is 6.71. The Morgan fingerprint density at radius 1 is 1.06 bits per heavy atom. The van der Waals surface area contributed by atoms with Crippen LogP contribution in [0.5, 0.6) is 0 Å². The van der Waals surface area contributed by atoms with Crippen LogP contribution < -0.4 is 10.6 Å². The van der Waals surface area contributed by atoms with E-state index in [1.165, 1.54) is 10.5 Å². The van der Waals surface area contributed by atoms with Crippen LogP contribution >= 0.6 is 24.0 Å². The molecule has 5 unspecified atom stereocenters. The molecule has 2 amide bonds. The number of guanidine groups is 1. The standard InChI is InChI=1S/C25H35N5O2.HI/c1-4-29(5-2)20(17-9-7-6-8-10-17)16-28-25(26-3)27-13-14-30-23(31)21-18-11-12-19(15-18)22(21)24(30)32;/h6-12,18-22H,4-5,13-16H2,1-3H3,(H2,26,27,28);1H. The van der Waals surface area contributed by atoms with E-state index in [2.05, 4.69) is 70.8 Å². The van der Waals surface area contributed by atoms with Crippen molar-refractivity contribution in [2.75, 3.05) is 39.8 Å². The van der Waals surface area contributed by atoms with E-state index in [0.717, 1.165) is 19.5 Å². The number of carbonyl (C=O) groups is 2. The van der Waals surface area contributed by atoms with E-state index >= 15 is 0 Å². The van der Waals surface area contributed by atoms with Gasteiger partial charge in [0.15, 0.2) is 5.96 Å². The van der Waals surface area contributed by atoms with E-state index in [0.29, 0.717) is 25.6 Å². The fraction of sp³-hybridized carbons (Fsp3) is 0.560. The van der Waals surface area contributed by atoms with Crippen LogP contribution in [0.4, 0.5) is 0 Å². The van der Waals surface area contributed by atoms with E-state index in [1.54, 1.807) is 7.05 Å². The van der Waals surface area contributed by atoms with Gasteiger partial charge in [-0.2, -0.15) is 0 Å². The summed E-state index contributed by atoms with van der Waals surface area (Å²) in [5.74, 6) is 0.942. The van der Waals surface area contributed by atoms with E-state index in [9.17, 15) is 9.59 Å². The molecule has 0 radical (unpaired) electrons. The molecule has 1 aliphatic heterocycles. The number of allylic oxidation sites excluding steroid dienone is 2. The molecule has 5 atom stereocenters. The predicted octanol–water partition coefficient (Wildman–Crippen LogP) is 2.66. The van der Waals surface area contributed by atoms with Gasteiger partial charge in [0.1, 0.15) is 0 Å². The summed E-state index contributed by atoms with van der Waals surface area (Å²) >= 11 is 0. The van der Waals surface area contributed by atoms with E-state index < -0.39 is 0 Å². The second-order valence-corrected chi connectivity index (χ2v) is 8.86. The molecule has 2 N–H and O–H groups in total. The normalized spacial score (nSPS) is 26.5. The number of benzene rings is 1. The second-order valence-electron chi connectivity index (χ2n) is 8.86. The lowest BCUT2D eigenvalue weighted by Crippen LogP contribution is -2.46. The monoisotopic (exact) mass is 565 g/mol. The van der Waals surface area contributed by atoms with Crippen molar-refractivity contribution in [1.29, 1.82) is 0 Å². The average Bonchev–Trinajstić information content (AvgIpc) is 3.50. The molecule has 0 aromatic heterocycles. The molecule has 2 fully saturated rings. The lowest BCUT2D eigenvalue weighted by atomic mass is 9.85. The molecular weight excluding hydrogens is 529 g/mol. The van der Waals surface area contributed by atoms with Gasteiger partial charge >= 0.3 is 0 Å². The minimum Gasteiger partial charge on any atom is -0.355 e. The number of aliphatic imine (C=N–C) groups is 1. The van der Waals surface area contributed by atoms with Gasteiger partial charge in [0.05, 0.1) is 17.9 Å². The van der Waals surface area contributed by atoms with Crippen LogP contribution in [0, 0.1) is 23.7 Å². The molecule has 2 bridgehead atoms. The Kier molecular flexibility index (Phi) is 8.92. The molecule has 1 aromatic carbocycles. The first-order chi connectivity index (χ1) is 15.6. The molecule has 3 aliphatic rings. The first-order valence-electron chi connectivity index (χ1n) is 11.9. The number of nitrogens with zero attached hydrogens (tertiary/aromatic N) is 3. The molecule has 2 aliphatic carbocycles. The Balaban J connectivity index is 0.00000306. The summed E-state index contributed by atoms with van der Waals surface area (Å²) in [7, 11) is 1.74. The number of likely N-dealkylation sites (tertiary alicyclic amines) is 1. The molecule has 1 aromatic rings. The zero-order chi connectivity index (χ0) is 22.7. The summed E-state index contributed by atoms with van der Waals surface area (Å²) in [5.41, 5.74) is 1.27. The molecule has 0 spiro atoms. The van der Waals surface area contributed by atoms with Crippen molar-refractivity contribution in [2.24, 2.45) is 28.7 Å². The molecule has 1 saturated heterocycles. The topological polar surface area (TPSA) is 77.0 Å². The molecular formula is C25H36IN5O2. The van der Waals surface area contributed by atoms with Gasteiger partial charge in [-0.25, -0.2) is 0 Å². The van der Waals surface area contributed by atoms with Gasteiger partial charge in [0.2, 0.25) is 11.8 Å². The Hall–Kier alpha value is -1.94. The molecule has 1 saturated carbocycles. The number of fused-ring (bicyclic) bond motifs is 5. The average molecular weight is 566 g/mol. The fourth-order valence-corrected chi connectivity index (χ4v) is 5.68. The molecule has 8 heteroatoms. The van der Waals surface area contributed by atoms with Gasteiger partial charge in [0.25, 0.3) is 0 Å². The highest BCUT2D eigenvalue weighted by atomic mass is 127. The third-order valence-corrected chi connectivity index (χ3v) is 7.31. The Morgan fingerprint density at radius 3 is 2.21 bits per heavy atom. The highest BCUT2D eigenvalue weighted by molar-refractivity contribution is 14.0. The maximum absolute atomic E-state index is 12.8. The van der Waals surface area contributed by atoms with Crippen LogP contribution in [0.15, 0.2) is 47.5 Å². The SMILES string of the molecule is CCN(CC)C(CNC(=NC)NCCN1C(=O)C2C3C=CC(C3)C2C1=O)c1ccccc1.I. The number of likely N-dealkylation sites (N-methyl/N-ethyl adjacent to an activating group) is 1. The number of imide groups is 1. The lowest BCUT2D eigenvalue weighted by Gasteiger charge is -2.31. The van der Waals surface area contributed by atoms with Crippen molar-refractivity contribution in [3.8, 4) is 0 Å². The predicted molar refractivity (Wildman–Crippen MR) is 141 cm³/mol. The number of carbonyl (C=O) groups excluding carboxylic acids is 2. The van der Waals surface area contributed by atoms with Gasteiger partial charge in [-0.15, -0.1) is 24.0 Å². The number of rotatable bonds is 9. The summed E-state index contributed by atoms with van der Waals surface area (Å²) in [6, 6.07) is 10.7. The highest BCUT2D eigenvalue weighted by Crippen LogP contribution is 2.52. The quantitative estimate of drug-likeness (QED) is 0.158. The third-order valence-electron chi connectivity index (χ3n) is 7.31. The summed E-state index contributed by atoms with van der Waals surface area (Å²) in [6.45, 7) is 7.85. The van der Waals surface area contributed by atoms with Crippen molar-refractivity contribution in [3.05, 3.63) is 48.0 Å². The van der Waals surface area contributed by atoms with E-state index in [4.69, 9.17) is 0 Å². The van der Waals surface area contributed by atoms with E-state index in [-0.39, 0.29) is 65.5 Å². The number of hydrogen-bond donors (Lipinski definition) is 2. The van der Waals surface area contributed by atoms with Crippen LogP contribution in [0.3, 0.4) is 0 Å². The zero-order valence-corrected chi connectivity index (χ0v) is 22.1. The maximum atomic E-state index is 12.8. The second kappa shape index (κ2) is 11.5. The van der Waals surface area contributed by atoms with Gasteiger partial charge in [-0.05, 0) is 36.9 Å². The van der Waals surface area contributed by atoms with Crippen molar-refractivity contribution in [1.82, 2.24) is 20.4 Å². The highest BCUT2D eigenvalue weighted by Gasteiger charge is 2.58. The minimum absolute atomic E-state index is 0. The largest absolute Gasteiger partial charge is 0.355 e. The minimum atomic E-state index is -0.129. The molecule has 1 heterocycles. The number of nitrogens with one attached hydrogen (secondary N) is 2. The van der Waals surface area contributed by atoms with Crippen molar-refractivity contribution < 1.29 is 9.59 Å². The van der Waals surface area contributed by atoms with Crippen molar-refractivity contribution >= 4 is 41.8 Å². The molecule has 4 rings (SSSR count). The Labute approximate surface area is 214 Å². The van der Waals surface area contributed by atoms with Gasteiger partial charge < -0.3 is 10.6 Å². The number of hydrogen-bond acceptors (Lipinski definition) is 4. The van der Waals surface area contributed by atoms with Crippen molar-refractivity contribution in [2.45, 2.75) is 26.3 Å². The molecule has 33 heavy (non-hydrogen) atoms.